The molecule has 0 saturated carbocycles. The Balaban J connectivity index is 2.21. The number of alkyl halides is 1. The van der Waals surface area contributed by atoms with Crippen LogP contribution in [0.5, 0.6) is 0 Å². The maximum Gasteiger partial charge on any atom is 0.324 e. The minimum atomic E-state index is -3.71. The second kappa shape index (κ2) is 8.83. The van der Waals surface area contributed by atoms with Crippen LogP contribution in [-0.2, 0) is 26.0 Å². The van der Waals surface area contributed by atoms with Gasteiger partial charge in [0.25, 0.3) is 0 Å². The summed E-state index contributed by atoms with van der Waals surface area (Å²) in [6.07, 6.45) is 3.76. The summed E-state index contributed by atoms with van der Waals surface area (Å²) in [5, 5.41) is 0. The molecule has 1 aliphatic heterocycles. The molecule has 1 unspecified atom stereocenters. The molecule has 0 radical (unpaired) electrons. The number of aryl methyl sites for hydroxylation is 1. The number of nitrogens with zero attached hydrogens (tertiary/aromatic N) is 1. The predicted molar refractivity (Wildman–Crippen MR) is 93.6 cm³/mol. The van der Waals surface area contributed by atoms with Crippen LogP contribution in [0.4, 0.5) is 0 Å². The third-order valence-corrected chi connectivity index (χ3v) is 6.33. The Labute approximate surface area is 149 Å². The third-order valence-electron chi connectivity index (χ3n) is 4.14. The summed E-state index contributed by atoms with van der Waals surface area (Å²) in [4.78, 5) is 12.3. The van der Waals surface area contributed by atoms with Crippen molar-refractivity contribution in [1.29, 1.82) is 0 Å². The van der Waals surface area contributed by atoms with Crippen molar-refractivity contribution in [3.8, 4) is 0 Å². The molecule has 1 aromatic carbocycles. The molecule has 24 heavy (non-hydrogen) atoms. The fourth-order valence-electron chi connectivity index (χ4n) is 2.90. The standard InChI is InChI=1S/C17H24ClNO4S/c1-2-23-17(20)16-7-3-4-13-19(16)24(21,22)15-10-8-14(9-11-15)6-5-12-18/h8-11,16H,2-7,12-13H2,1H3. The van der Waals surface area contributed by atoms with Crippen molar-refractivity contribution in [2.24, 2.45) is 0 Å². The van der Waals surface area contributed by atoms with Crippen LogP contribution in [0, 0.1) is 0 Å². The Hall–Kier alpha value is -1.11. The summed E-state index contributed by atoms with van der Waals surface area (Å²) in [7, 11) is -3.71. The van der Waals surface area contributed by atoms with Crippen LogP contribution in [0.2, 0.25) is 0 Å². The van der Waals surface area contributed by atoms with Crippen molar-refractivity contribution in [2.45, 2.75) is 50.0 Å². The first kappa shape index (κ1) is 19.2. The van der Waals surface area contributed by atoms with Crippen LogP contribution < -0.4 is 0 Å². The van der Waals surface area contributed by atoms with Crippen molar-refractivity contribution in [3.63, 3.8) is 0 Å². The minimum Gasteiger partial charge on any atom is -0.465 e. The fourth-order valence-corrected chi connectivity index (χ4v) is 4.68. The molecule has 5 nitrogen and oxygen atoms in total. The molecule has 7 heteroatoms. The summed E-state index contributed by atoms with van der Waals surface area (Å²) < 4.78 is 32.2. The number of hydrogen-bond acceptors (Lipinski definition) is 4. The fraction of sp³-hybridized carbons (Fsp3) is 0.588. The van der Waals surface area contributed by atoms with Gasteiger partial charge in [-0.25, -0.2) is 8.42 Å². The lowest BCUT2D eigenvalue weighted by Gasteiger charge is -2.32. The number of benzene rings is 1. The number of hydrogen-bond donors (Lipinski definition) is 0. The monoisotopic (exact) mass is 373 g/mol. The largest absolute Gasteiger partial charge is 0.465 e. The molecule has 134 valence electrons. The molecule has 1 saturated heterocycles. The Morgan fingerprint density at radius 1 is 1.29 bits per heavy atom. The average Bonchev–Trinajstić information content (AvgIpc) is 2.60. The normalized spacial score (nSPS) is 19.2. The van der Waals surface area contributed by atoms with E-state index in [-0.39, 0.29) is 11.5 Å². The molecule has 1 fully saturated rings. The van der Waals surface area contributed by atoms with Crippen LogP contribution in [-0.4, -0.2) is 43.8 Å². The van der Waals surface area contributed by atoms with Crippen LogP contribution in [0.3, 0.4) is 0 Å². The van der Waals surface area contributed by atoms with Gasteiger partial charge in [0.2, 0.25) is 10.0 Å². The second-order valence-corrected chi connectivity index (χ2v) is 8.08. The van der Waals surface area contributed by atoms with E-state index in [1.165, 1.54) is 4.31 Å². The first-order valence-corrected chi connectivity index (χ1v) is 10.3. The number of carbonyl (C=O) groups excluding carboxylic acids is 1. The number of ether oxygens (including phenoxy) is 1. The SMILES string of the molecule is CCOC(=O)C1CCCCN1S(=O)(=O)c1ccc(CCCCl)cc1. The zero-order valence-electron chi connectivity index (χ0n) is 13.9. The molecule has 2 rings (SSSR count). The Kier molecular flexibility index (Phi) is 7.07. The highest BCUT2D eigenvalue weighted by atomic mass is 35.5. The van der Waals surface area contributed by atoms with Gasteiger partial charge in [0.1, 0.15) is 6.04 Å². The summed E-state index contributed by atoms with van der Waals surface area (Å²) >= 11 is 5.68. The van der Waals surface area contributed by atoms with Gasteiger partial charge in [-0.15, -0.1) is 11.6 Å². The van der Waals surface area contributed by atoms with Gasteiger partial charge in [0, 0.05) is 12.4 Å². The van der Waals surface area contributed by atoms with Crippen molar-refractivity contribution in [1.82, 2.24) is 4.31 Å². The quantitative estimate of drug-likeness (QED) is 0.544. The van der Waals surface area contributed by atoms with E-state index in [9.17, 15) is 13.2 Å². The van der Waals surface area contributed by atoms with E-state index in [1.54, 1.807) is 19.1 Å². The topological polar surface area (TPSA) is 63.7 Å². The van der Waals surface area contributed by atoms with Crippen LogP contribution in [0.15, 0.2) is 29.2 Å². The summed E-state index contributed by atoms with van der Waals surface area (Å²) in [5.74, 6) is 0.120. The number of rotatable bonds is 7. The molecular weight excluding hydrogens is 350 g/mol. The molecule has 0 amide bonds. The zero-order valence-corrected chi connectivity index (χ0v) is 15.5. The Morgan fingerprint density at radius 2 is 2.00 bits per heavy atom. The maximum atomic E-state index is 12.9. The van der Waals surface area contributed by atoms with E-state index < -0.39 is 22.0 Å². The number of halogens is 1. The minimum absolute atomic E-state index is 0.216. The predicted octanol–water partition coefficient (Wildman–Crippen LogP) is 2.96. The van der Waals surface area contributed by atoms with Crippen molar-refractivity contribution in [3.05, 3.63) is 29.8 Å². The molecule has 0 bridgehead atoms. The van der Waals surface area contributed by atoms with Crippen molar-refractivity contribution >= 4 is 27.6 Å². The van der Waals surface area contributed by atoms with E-state index in [4.69, 9.17) is 16.3 Å². The van der Waals surface area contributed by atoms with E-state index in [0.717, 1.165) is 31.2 Å². The highest BCUT2D eigenvalue weighted by Crippen LogP contribution is 2.26. The van der Waals surface area contributed by atoms with E-state index >= 15 is 0 Å². The smallest absolute Gasteiger partial charge is 0.324 e. The number of sulfonamides is 1. The van der Waals surface area contributed by atoms with E-state index in [0.29, 0.717) is 18.8 Å². The van der Waals surface area contributed by atoms with Gasteiger partial charge in [-0.1, -0.05) is 12.1 Å². The van der Waals surface area contributed by atoms with Crippen molar-refractivity contribution < 1.29 is 17.9 Å². The Morgan fingerprint density at radius 3 is 2.62 bits per heavy atom. The van der Waals surface area contributed by atoms with Crippen LogP contribution in [0.25, 0.3) is 0 Å². The second-order valence-electron chi connectivity index (χ2n) is 5.82. The van der Waals surface area contributed by atoms with Crippen LogP contribution >= 0.6 is 11.6 Å². The molecule has 0 aromatic heterocycles. The first-order valence-electron chi connectivity index (χ1n) is 8.34. The number of esters is 1. The molecule has 0 aliphatic carbocycles. The summed E-state index contributed by atoms with van der Waals surface area (Å²) in [6.45, 7) is 2.32. The van der Waals surface area contributed by atoms with Gasteiger partial charge >= 0.3 is 5.97 Å². The molecule has 1 heterocycles. The molecule has 0 spiro atoms. The lowest BCUT2D eigenvalue weighted by molar-refractivity contribution is -0.148. The summed E-state index contributed by atoms with van der Waals surface area (Å²) in [5.41, 5.74) is 1.05. The average molecular weight is 374 g/mol. The molecule has 1 aromatic rings. The van der Waals surface area contributed by atoms with Gasteiger partial charge in [0.05, 0.1) is 11.5 Å². The van der Waals surface area contributed by atoms with Gasteiger partial charge in [0.15, 0.2) is 0 Å². The van der Waals surface area contributed by atoms with Crippen LogP contribution in [0.1, 0.15) is 38.2 Å². The first-order chi connectivity index (χ1) is 11.5. The number of piperidine rings is 1. The molecule has 1 atom stereocenters. The van der Waals surface area contributed by atoms with Gasteiger partial charge in [-0.05, 0) is 56.7 Å². The summed E-state index contributed by atoms with van der Waals surface area (Å²) in [6, 6.07) is 6.11. The van der Waals surface area contributed by atoms with E-state index in [2.05, 4.69) is 0 Å². The lowest BCUT2D eigenvalue weighted by Crippen LogP contribution is -2.48. The van der Waals surface area contributed by atoms with Gasteiger partial charge in [-0.3, -0.25) is 4.79 Å². The highest BCUT2D eigenvalue weighted by Gasteiger charge is 2.38. The van der Waals surface area contributed by atoms with Gasteiger partial charge in [-0.2, -0.15) is 4.31 Å². The molecular formula is C17H24ClNO4S. The Bertz CT molecular complexity index is 645. The zero-order chi connectivity index (χ0) is 17.6. The lowest BCUT2D eigenvalue weighted by atomic mass is 10.1. The number of carbonyl (C=O) groups is 1. The van der Waals surface area contributed by atoms with Gasteiger partial charge < -0.3 is 4.74 Å². The maximum absolute atomic E-state index is 12.9. The molecule has 0 N–H and O–H groups in total. The molecule has 1 aliphatic rings. The van der Waals surface area contributed by atoms with Crippen molar-refractivity contribution in [2.75, 3.05) is 19.0 Å². The third kappa shape index (κ3) is 4.49. The van der Waals surface area contributed by atoms with E-state index in [1.807, 2.05) is 12.1 Å². The highest BCUT2D eigenvalue weighted by molar-refractivity contribution is 7.89.